The number of amides is 6. The van der Waals surface area contributed by atoms with Crippen molar-refractivity contribution in [2.75, 3.05) is 63.3 Å². The van der Waals surface area contributed by atoms with Crippen LogP contribution in [0.5, 0.6) is 0 Å². The second-order valence-electron chi connectivity index (χ2n) is 22.7. The Morgan fingerprint density at radius 2 is 0.590 bits per heavy atom. The first kappa shape index (κ1) is 85.0. The number of benzene rings is 6. The maximum absolute atomic E-state index is 13.8. The van der Waals surface area contributed by atoms with E-state index in [-0.39, 0.29) is 110 Å². The standard InChI is InChI=1S/C74H90N6O14P2S2.2BrH/c1-5-91-69(85)51-75-71(87)63(79-67(83)47-45-61(73(89)93-7-3)77-65(81)43-27-29-49-95(55-31-15-9-16-32-55,56-33-17-10-18-34-56)57-35-19-11-20-36-57)53-97-98-54-64(72(88)76-52-70(86)92-6-2)80-68(84)48-46-62(74(90)94-8-4)78-66(82)44-28-30-50-96(58-37-21-12-22-38-58,59-39-23-13-24-40-59)60-41-25-14-26-42-60;;/h9-26,31-42,61-64H,5-8,27-30,43-54H2,1-4H3,(H4-2,75,76,77,78,79,80,81,82,83,84,87,88);2*1H/t61-,62-,63-,64-;;/m0../s1. The highest BCUT2D eigenvalue weighted by atomic mass is 79.9. The Morgan fingerprint density at radius 1 is 0.340 bits per heavy atom. The zero-order chi connectivity index (χ0) is 70.4. The van der Waals surface area contributed by atoms with Gasteiger partial charge in [-0.25, -0.2) is 9.59 Å². The second kappa shape index (κ2) is 46.9. The third kappa shape index (κ3) is 27.1. The summed E-state index contributed by atoms with van der Waals surface area (Å²) in [7, 11) is -2.23. The van der Waals surface area contributed by atoms with Gasteiger partial charge >= 0.3 is 23.9 Å². The van der Waals surface area contributed by atoms with Crippen LogP contribution >= 0.6 is 36.1 Å². The molecule has 6 N–H and O–H groups in total. The predicted molar refractivity (Wildman–Crippen MR) is 391 cm³/mol. The molecule has 0 aliphatic heterocycles. The molecule has 0 aromatic heterocycles. The van der Waals surface area contributed by atoms with E-state index in [0.717, 1.165) is 33.9 Å². The van der Waals surface area contributed by atoms with Gasteiger partial charge in [-0.3, -0.25) is 38.4 Å². The topological polar surface area (TPSA) is 280 Å². The normalized spacial score (nSPS) is 12.2. The molecular weight excluding hydrogens is 1480 g/mol. The van der Waals surface area contributed by atoms with E-state index >= 15 is 0 Å². The fourth-order valence-corrected chi connectivity index (χ4v) is 22.4. The molecule has 0 aliphatic carbocycles. The van der Waals surface area contributed by atoms with Gasteiger partial charge in [0.25, 0.3) is 0 Å². The highest BCUT2D eigenvalue weighted by molar-refractivity contribution is 8.76. The molecule has 6 rings (SSSR count). The zero-order valence-corrected chi connectivity index (χ0v) is 63.5. The Morgan fingerprint density at radius 3 is 0.850 bits per heavy atom. The van der Waals surface area contributed by atoms with Gasteiger partial charge in [0.1, 0.15) is 83.6 Å². The molecule has 0 unspecified atom stereocenters. The molecule has 6 aromatic rings. The van der Waals surface area contributed by atoms with Crippen LogP contribution in [-0.4, -0.2) is 147 Å². The summed E-state index contributed by atoms with van der Waals surface area (Å²) in [6, 6.07) is 57.4. The van der Waals surface area contributed by atoms with Gasteiger partial charge < -0.3 is 84.8 Å². The fraction of sp³-hybridized carbons (Fsp3) is 0.378. The molecular formula is C74H92Br2N6O14P2S2. The fourth-order valence-electron chi connectivity index (χ4n) is 11.2. The number of hydrogen-bond donors (Lipinski definition) is 6. The van der Waals surface area contributed by atoms with Gasteiger partial charge in [-0.1, -0.05) is 131 Å². The number of unbranched alkanes of at least 4 members (excludes halogenated alkanes) is 2. The molecule has 538 valence electrons. The highest BCUT2D eigenvalue weighted by Gasteiger charge is 2.46. The van der Waals surface area contributed by atoms with Gasteiger partial charge in [0.05, 0.1) is 38.8 Å². The molecule has 100 heavy (non-hydrogen) atoms. The first-order valence-electron chi connectivity index (χ1n) is 33.3. The van der Waals surface area contributed by atoms with E-state index in [1.165, 1.54) is 31.8 Å². The summed E-state index contributed by atoms with van der Waals surface area (Å²) in [5.41, 5.74) is 0. The first-order valence-corrected chi connectivity index (χ1v) is 39.7. The lowest BCUT2D eigenvalue weighted by molar-refractivity contribution is -0.148. The molecule has 0 saturated heterocycles. The SMILES string of the molecule is CCOC(=O)CNC(=O)[C@H](CSSC[C@H](NC(=O)CC[C@H](NC(=O)CCCC[P+](c1ccccc1)(c1ccccc1)c1ccccc1)C(=O)OCC)C(=O)NCC(=O)OCC)NC(=O)CC[C@H](NC(=O)CCCC[P+](c1ccccc1)(c1ccccc1)c1ccccc1)C(=O)OCC.[Br-].[Br-]. The Kier molecular flexibility index (Phi) is 39.8. The molecule has 0 bridgehead atoms. The molecule has 26 heteroatoms. The quantitative estimate of drug-likeness (QED) is 0.0101. The average Bonchev–Trinajstić information content (AvgIpc) is 0.767. The van der Waals surface area contributed by atoms with Crippen LogP contribution in [0, 0.1) is 0 Å². The first-order chi connectivity index (χ1) is 47.6. The third-order valence-corrected chi connectivity index (χ3v) is 27.4. The maximum atomic E-state index is 13.8. The smallest absolute Gasteiger partial charge is 0.328 e. The van der Waals surface area contributed by atoms with Crippen LogP contribution in [0.15, 0.2) is 182 Å². The Bertz CT molecular complexity index is 3070. The van der Waals surface area contributed by atoms with E-state index in [2.05, 4.69) is 105 Å². The van der Waals surface area contributed by atoms with Gasteiger partial charge in [0.15, 0.2) is 0 Å². The van der Waals surface area contributed by atoms with E-state index in [1.807, 2.05) is 109 Å². The monoisotopic (exact) mass is 1570 g/mol. The minimum atomic E-state index is -2.16. The van der Waals surface area contributed by atoms with Crippen LogP contribution in [0.1, 0.15) is 91.9 Å². The highest BCUT2D eigenvalue weighted by Crippen LogP contribution is 2.57. The number of hydrogen-bond acceptors (Lipinski definition) is 16. The van der Waals surface area contributed by atoms with E-state index in [1.54, 1.807) is 27.7 Å². The van der Waals surface area contributed by atoms with Crippen molar-refractivity contribution < 1.29 is 101 Å². The van der Waals surface area contributed by atoms with Crippen molar-refractivity contribution in [3.8, 4) is 0 Å². The average molecular weight is 1580 g/mol. The largest absolute Gasteiger partial charge is 1.00 e. The van der Waals surface area contributed by atoms with E-state index in [0.29, 0.717) is 25.7 Å². The van der Waals surface area contributed by atoms with Crippen LogP contribution in [0.4, 0.5) is 0 Å². The van der Waals surface area contributed by atoms with Crippen molar-refractivity contribution >= 4 is 127 Å². The summed E-state index contributed by atoms with van der Waals surface area (Å²) in [5, 5.41) is 23.1. The summed E-state index contributed by atoms with van der Waals surface area (Å²) < 4.78 is 20.6. The lowest BCUT2D eigenvalue weighted by atomic mass is 10.1. The van der Waals surface area contributed by atoms with Crippen molar-refractivity contribution in [1.29, 1.82) is 0 Å². The van der Waals surface area contributed by atoms with Gasteiger partial charge in [-0.2, -0.15) is 0 Å². The summed E-state index contributed by atoms with van der Waals surface area (Å²) >= 11 is 0. The summed E-state index contributed by atoms with van der Waals surface area (Å²) in [6.45, 7) is 5.54. The van der Waals surface area contributed by atoms with Gasteiger partial charge in [-0.15, -0.1) is 0 Å². The van der Waals surface area contributed by atoms with Crippen molar-refractivity contribution in [3.63, 3.8) is 0 Å². The van der Waals surface area contributed by atoms with Crippen LogP contribution < -0.4 is 97.7 Å². The predicted octanol–water partition coefficient (Wildman–Crippen LogP) is 0.689. The van der Waals surface area contributed by atoms with Crippen LogP contribution in [-0.2, 0) is 66.9 Å². The molecule has 6 aromatic carbocycles. The lowest BCUT2D eigenvalue weighted by Crippen LogP contribution is -3.00. The summed E-state index contributed by atoms with van der Waals surface area (Å²) in [5.74, 6) is -6.90. The minimum Gasteiger partial charge on any atom is -1.00 e. The molecule has 4 atom stereocenters. The van der Waals surface area contributed by atoms with Crippen LogP contribution in [0.2, 0.25) is 0 Å². The lowest BCUT2D eigenvalue weighted by Gasteiger charge is -2.27. The number of ether oxygens (including phenoxy) is 4. The van der Waals surface area contributed by atoms with E-state index < -0.39 is 111 Å². The maximum Gasteiger partial charge on any atom is 0.328 e. The molecule has 0 saturated carbocycles. The second-order valence-corrected chi connectivity index (χ2v) is 32.5. The summed E-state index contributed by atoms with van der Waals surface area (Å²) in [4.78, 5) is 134. The van der Waals surface area contributed by atoms with Crippen molar-refractivity contribution in [2.45, 2.75) is 116 Å². The molecule has 0 fully saturated rings. The van der Waals surface area contributed by atoms with Gasteiger partial charge in [0.2, 0.25) is 35.4 Å². The Balaban J connectivity index is 0.0000106. The Labute approximate surface area is 617 Å². The number of carbonyl (C=O) groups excluding carboxylic acids is 10. The Hall–Kier alpha value is -7.46. The molecule has 0 spiro atoms. The minimum absolute atomic E-state index is 0. The van der Waals surface area contributed by atoms with Crippen LogP contribution in [0.25, 0.3) is 0 Å². The number of carbonyl (C=O) groups is 10. The molecule has 20 nitrogen and oxygen atoms in total. The number of rotatable bonds is 43. The van der Waals surface area contributed by atoms with E-state index in [4.69, 9.17) is 18.9 Å². The molecule has 6 amide bonds. The van der Waals surface area contributed by atoms with Crippen molar-refractivity contribution in [2.24, 2.45) is 0 Å². The molecule has 0 aliphatic rings. The third-order valence-electron chi connectivity index (χ3n) is 15.9. The molecule has 0 radical (unpaired) electrons. The van der Waals surface area contributed by atoms with Crippen molar-refractivity contribution in [1.82, 2.24) is 31.9 Å². The van der Waals surface area contributed by atoms with Crippen LogP contribution in [0.3, 0.4) is 0 Å². The zero-order valence-electron chi connectivity index (χ0n) is 57.0. The molecule has 0 heterocycles. The van der Waals surface area contributed by atoms with Crippen molar-refractivity contribution in [3.05, 3.63) is 182 Å². The number of nitrogens with one attached hydrogen (secondary N) is 6. The number of halogens is 2. The number of esters is 4. The van der Waals surface area contributed by atoms with E-state index in [9.17, 15) is 47.9 Å². The summed E-state index contributed by atoms with van der Waals surface area (Å²) in [6.07, 6.45) is 3.10. The van der Waals surface area contributed by atoms with Gasteiger partial charge in [0, 0.05) is 37.2 Å². The van der Waals surface area contributed by atoms with Gasteiger partial charge in [-0.05, 0) is 139 Å².